The molecule has 0 amide bonds. The summed E-state index contributed by atoms with van der Waals surface area (Å²) >= 11 is 0. The molecular weight excluding hydrogens is 166 g/mol. The second-order valence-corrected chi connectivity index (χ2v) is 2.71. The van der Waals surface area contributed by atoms with E-state index in [-0.39, 0.29) is 0 Å². The van der Waals surface area contributed by atoms with Gasteiger partial charge in [-0.3, -0.25) is 0 Å². The first kappa shape index (κ1) is 9.31. The molecule has 0 unspecified atom stereocenters. The highest BCUT2D eigenvalue weighted by molar-refractivity contribution is 5.65. The number of nitrogens with one attached hydrogen (secondary N) is 1. The van der Waals surface area contributed by atoms with Gasteiger partial charge in [-0.15, -0.1) is 0 Å². The van der Waals surface area contributed by atoms with Crippen molar-refractivity contribution in [3.05, 3.63) is 24.0 Å². The van der Waals surface area contributed by atoms with E-state index in [0.717, 1.165) is 11.4 Å². The van der Waals surface area contributed by atoms with Crippen LogP contribution in [0.3, 0.4) is 0 Å². The largest absolute Gasteiger partial charge is 0.330 e. The Labute approximate surface area is 76.9 Å². The van der Waals surface area contributed by atoms with Crippen LogP contribution < -0.4 is 11.2 Å². The van der Waals surface area contributed by atoms with E-state index in [1.54, 1.807) is 4.68 Å². The van der Waals surface area contributed by atoms with Gasteiger partial charge in [0.15, 0.2) is 0 Å². The van der Waals surface area contributed by atoms with Crippen LogP contribution in [0, 0.1) is 13.8 Å². The standard InChI is InChI=1S/C8H13N5/c1-6-4-7(2)13(12-6)8(3)10-5-11-9/h4-5H,3,9H2,1-2H3,(H,10,11). The second kappa shape index (κ2) is 3.75. The molecule has 70 valence electrons. The van der Waals surface area contributed by atoms with Crippen molar-refractivity contribution in [2.24, 2.45) is 10.9 Å². The lowest BCUT2D eigenvalue weighted by molar-refractivity contribution is 0.825. The Balaban J connectivity index is 2.82. The van der Waals surface area contributed by atoms with E-state index in [2.05, 4.69) is 22.1 Å². The maximum absolute atomic E-state index is 4.93. The Morgan fingerprint density at radius 2 is 2.46 bits per heavy atom. The average molecular weight is 179 g/mol. The average Bonchev–Trinajstić information content (AvgIpc) is 2.41. The van der Waals surface area contributed by atoms with Gasteiger partial charge in [0, 0.05) is 5.69 Å². The van der Waals surface area contributed by atoms with Crippen molar-refractivity contribution in [3.63, 3.8) is 0 Å². The molecule has 0 atom stereocenters. The summed E-state index contributed by atoms with van der Waals surface area (Å²) in [6.07, 6.45) is 1.36. The highest BCUT2D eigenvalue weighted by Crippen LogP contribution is 2.05. The lowest BCUT2D eigenvalue weighted by Gasteiger charge is -2.05. The summed E-state index contributed by atoms with van der Waals surface area (Å²) in [6, 6.07) is 1.96. The van der Waals surface area contributed by atoms with Gasteiger partial charge in [0.25, 0.3) is 0 Å². The Morgan fingerprint density at radius 1 is 1.77 bits per heavy atom. The summed E-state index contributed by atoms with van der Waals surface area (Å²) in [4.78, 5) is 0. The monoisotopic (exact) mass is 179 g/mol. The van der Waals surface area contributed by atoms with E-state index in [1.165, 1.54) is 6.34 Å². The quantitative estimate of drug-likeness (QED) is 0.306. The van der Waals surface area contributed by atoms with Gasteiger partial charge in [0.05, 0.1) is 5.69 Å². The SMILES string of the molecule is C=C(N/C=N\N)n1nc(C)cc1C. The van der Waals surface area contributed by atoms with Crippen LogP contribution in [0.5, 0.6) is 0 Å². The molecule has 0 bridgehead atoms. The maximum atomic E-state index is 4.93. The molecule has 0 aromatic carbocycles. The molecular formula is C8H13N5. The van der Waals surface area contributed by atoms with Crippen molar-refractivity contribution in [3.8, 4) is 0 Å². The molecule has 0 radical (unpaired) electrons. The van der Waals surface area contributed by atoms with Crippen molar-refractivity contribution >= 4 is 12.2 Å². The van der Waals surface area contributed by atoms with Gasteiger partial charge in [-0.2, -0.15) is 10.2 Å². The first-order valence-corrected chi connectivity index (χ1v) is 3.86. The molecule has 0 aliphatic carbocycles. The van der Waals surface area contributed by atoms with Crippen LogP contribution >= 0.6 is 0 Å². The zero-order chi connectivity index (χ0) is 9.84. The highest BCUT2D eigenvalue weighted by atomic mass is 15.4. The normalized spacial score (nSPS) is 10.6. The van der Waals surface area contributed by atoms with Crippen molar-refractivity contribution < 1.29 is 0 Å². The predicted molar refractivity (Wildman–Crippen MR) is 52.8 cm³/mol. The van der Waals surface area contributed by atoms with Crippen LogP contribution in [-0.2, 0) is 0 Å². The summed E-state index contributed by atoms with van der Waals surface area (Å²) in [7, 11) is 0. The van der Waals surface area contributed by atoms with Crippen LogP contribution in [0.4, 0.5) is 0 Å². The lowest BCUT2D eigenvalue weighted by atomic mass is 10.4. The van der Waals surface area contributed by atoms with Crippen LogP contribution in [0.1, 0.15) is 11.4 Å². The Hall–Kier alpha value is -1.78. The van der Waals surface area contributed by atoms with Crippen molar-refractivity contribution in [1.29, 1.82) is 0 Å². The number of hydrogen-bond acceptors (Lipinski definition) is 3. The van der Waals surface area contributed by atoms with Crippen molar-refractivity contribution in [2.75, 3.05) is 0 Å². The Morgan fingerprint density at radius 3 is 2.92 bits per heavy atom. The minimum absolute atomic E-state index is 0.625. The summed E-state index contributed by atoms with van der Waals surface area (Å²) in [5.41, 5.74) is 1.96. The van der Waals surface area contributed by atoms with E-state index in [1.807, 2.05) is 19.9 Å². The molecule has 13 heavy (non-hydrogen) atoms. The summed E-state index contributed by atoms with van der Waals surface area (Å²) < 4.78 is 1.69. The third-order valence-electron chi connectivity index (χ3n) is 1.57. The van der Waals surface area contributed by atoms with Crippen LogP contribution in [0.2, 0.25) is 0 Å². The second-order valence-electron chi connectivity index (χ2n) is 2.71. The van der Waals surface area contributed by atoms with Gasteiger partial charge in [0.2, 0.25) is 0 Å². The Bertz CT molecular complexity index is 336. The fourth-order valence-corrected chi connectivity index (χ4v) is 1.08. The van der Waals surface area contributed by atoms with E-state index in [0.29, 0.717) is 5.82 Å². The summed E-state index contributed by atoms with van der Waals surface area (Å²) in [5, 5.41) is 10.3. The minimum atomic E-state index is 0.625. The topological polar surface area (TPSA) is 68.2 Å². The molecule has 0 spiro atoms. The van der Waals surface area contributed by atoms with Gasteiger partial charge in [-0.1, -0.05) is 6.58 Å². The molecule has 0 aliphatic heterocycles. The zero-order valence-electron chi connectivity index (χ0n) is 7.78. The van der Waals surface area contributed by atoms with Gasteiger partial charge in [-0.25, -0.2) is 4.68 Å². The lowest BCUT2D eigenvalue weighted by Crippen LogP contribution is -2.17. The summed E-state index contributed by atoms with van der Waals surface area (Å²) in [6.45, 7) is 7.65. The molecule has 0 aliphatic rings. The van der Waals surface area contributed by atoms with E-state index < -0.39 is 0 Å². The van der Waals surface area contributed by atoms with E-state index in [4.69, 9.17) is 5.84 Å². The number of hydrazone groups is 1. The molecule has 0 fully saturated rings. The van der Waals surface area contributed by atoms with Gasteiger partial charge in [0.1, 0.15) is 12.2 Å². The molecule has 1 aromatic heterocycles. The molecule has 5 nitrogen and oxygen atoms in total. The minimum Gasteiger partial charge on any atom is -0.330 e. The number of hydrogen-bond donors (Lipinski definition) is 2. The van der Waals surface area contributed by atoms with E-state index in [9.17, 15) is 0 Å². The first-order valence-electron chi connectivity index (χ1n) is 3.86. The molecule has 0 saturated heterocycles. The van der Waals surface area contributed by atoms with Crippen LogP contribution in [0.15, 0.2) is 17.7 Å². The van der Waals surface area contributed by atoms with E-state index >= 15 is 0 Å². The first-order chi connectivity index (χ1) is 6.15. The fraction of sp³-hybridized carbons (Fsp3) is 0.250. The third kappa shape index (κ3) is 2.08. The van der Waals surface area contributed by atoms with Crippen molar-refractivity contribution in [2.45, 2.75) is 13.8 Å². The number of nitrogens with zero attached hydrogens (tertiary/aromatic N) is 3. The summed E-state index contributed by atoms with van der Waals surface area (Å²) in [5.74, 6) is 5.56. The maximum Gasteiger partial charge on any atom is 0.125 e. The van der Waals surface area contributed by atoms with Gasteiger partial charge < -0.3 is 11.2 Å². The molecule has 1 aromatic rings. The number of nitrogens with two attached hydrogens (primary N) is 1. The van der Waals surface area contributed by atoms with Crippen LogP contribution in [-0.4, -0.2) is 16.1 Å². The Kier molecular flexibility index (Phi) is 2.69. The molecule has 5 heteroatoms. The molecule has 1 rings (SSSR count). The molecule has 1 heterocycles. The predicted octanol–water partition coefficient (Wildman–Crippen LogP) is 0.420. The van der Waals surface area contributed by atoms with Gasteiger partial charge >= 0.3 is 0 Å². The van der Waals surface area contributed by atoms with Gasteiger partial charge in [-0.05, 0) is 19.9 Å². The van der Waals surface area contributed by atoms with Crippen LogP contribution in [0.25, 0.3) is 5.82 Å². The smallest absolute Gasteiger partial charge is 0.125 e. The highest BCUT2D eigenvalue weighted by Gasteiger charge is 2.02. The number of aryl methyl sites for hydroxylation is 2. The number of aromatic nitrogens is 2. The van der Waals surface area contributed by atoms with Crippen molar-refractivity contribution in [1.82, 2.24) is 15.1 Å². The zero-order valence-corrected chi connectivity index (χ0v) is 7.78. The number of rotatable bonds is 3. The fourth-order valence-electron chi connectivity index (χ4n) is 1.08. The molecule has 3 N–H and O–H groups in total. The molecule has 0 saturated carbocycles. The third-order valence-corrected chi connectivity index (χ3v) is 1.57.